The number of hydrogen-bond donors (Lipinski definition) is 2. The lowest BCUT2D eigenvalue weighted by Gasteiger charge is -2.27. The molecule has 0 saturated carbocycles. The van der Waals surface area contributed by atoms with Crippen LogP contribution in [-0.2, 0) is 16.0 Å². The molecular weight excluding hydrogens is 530 g/mol. The Morgan fingerprint density at radius 1 is 1.00 bits per heavy atom. The molecule has 0 bridgehead atoms. The van der Waals surface area contributed by atoms with Crippen LogP contribution in [0.2, 0.25) is 0 Å². The van der Waals surface area contributed by atoms with E-state index in [1.165, 1.54) is 37.3 Å². The monoisotopic (exact) mass is 557 g/mol. The minimum absolute atomic E-state index is 0.0402. The summed E-state index contributed by atoms with van der Waals surface area (Å²) >= 11 is 0. The Kier molecular flexibility index (Phi) is 7.34. The van der Waals surface area contributed by atoms with Crippen molar-refractivity contribution in [2.75, 3.05) is 27.9 Å². The van der Waals surface area contributed by atoms with Crippen LogP contribution in [0, 0.1) is 10.1 Å². The molecule has 0 aliphatic carbocycles. The van der Waals surface area contributed by atoms with Gasteiger partial charge < -0.3 is 29.2 Å². The number of aromatic nitrogens is 1. The number of non-ortho nitro benzene ring substituents is 1. The molecule has 41 heavy (non-hydrogen) atoms. The summed E-state index contributed by atoms with van der Waals surface area (Å²) in [6.45, 7) is 0.125. The molecule has 1 saturated heterocycles. The molecule has 2 heterocycles. The van der Waals surface area contributed by atoms with E-state index in [-0.39, 0.29) is 23.4 Å². The van der Waals surface area contributed by atoms with Crippen molar-refractivity contribution in [1.29, 1.82) is 0 Å². The summed E-state index contributed by atoms with van der Waals surface area (Å²) in [6, 6.07) is 14.8. The summed E-state index contributed by atoms with van der Waals surface area (Å²) < 4.78 is 16.3. The Balaban J connectivity index is 1.62. The van der Waals surface area contributed by atoms with Gasteiger partial charge in [-0.3, -0.25) is 19.7 Å². The van der Waals surface area contributed by atoms with Crippen molar-refractivity contribution in [3.8, 4) is 17.2 Å². The van der Waals surface area contributed by atoms with Gasteiger partial charge in [-0.05, 0) is 42.3 Å². The average molecular weight is 558 g/mol. The number of aliphatic hydroxyl groups is 1. The van der Waals surface area contributed by atoms with E-state index in [2.05, 4.69) is 4.98 Å². The minimum Gasteiger partial charge on any atom is -0.507 e. The number of nitrogens with zero attached hydrogens (tertiary/aromatic N) is 2. The fraction of sp³-hybridized carbons (Fsp3) is 0.200. The van der Waals surface area contributed by atoms with Crippen molar-refractivity contribution >= 4 is 34.0 Å². The van der Waals surface area contributed by atoms with Crippen LogP contribution >= 0.6 is 0 Å². The van der Waals surface area contributed by atoms with Crippen LogP contribution in [0.15, 0.2) is 72.4 Å². The average Bonchev–Trinajstić information content (AvgIpc) is 3.52. The van der Waals surface area contributed by atoms with E-state index in [4.69, 9.17) is 14.2 Å². The second-order valence-electron chi connectivity index (χ2n) is 9.38. The van der Waals surface area contributed by atoms with Crippen molar-refractivity contribution in [3.63, 3.8) is 0 Å². The second-order valence-corrected chi connectivity index (χ2v) is 9.38. The van der Waals surface area contributed by atoms with E-state index in [0.29, 0.717) is 29.2 Å². The summed E-state index contributed by atoms with van der Waals surface area (Å²) in [5.74, 6) is -0.722. The predicted molar refractivity (Wildman–Crippen MR) is 150 cm³/mol. The summed E-state index contributed by atoms with van der Waals surface area (Å²) in [5, 5.41) is 23.6. The number of Topliss-reactive ketones (excluding diaryl/α,β-unsaturated/α-hetero) is 1. The van der Waals surface area contributed by atoms with E-state index in [9.17, 15) is 24.8 Å². The third-order valence-electron chi connectivity index (χ3n) is 7.20. The summed E-state index contributed by atoms with van der Waals surface area (Å²) in [4.78, 5) is 42.3. The molecule has 1 aliphatic rings. The van der Waals surface area contributed by atoms with E-state index in [1.807, 2.05) is 24.4 Å². The van der Waals surface area contributed by atoms with Crippen LogP contribution in [0.5, 0.6) is 17.2 Å². The summed E-state index contributed by atoms with van der Waals surface area (Å²) in [5.41, 5.74) is 1.82. The van der Waals surface area contributed by atoms with Crippen LogP contribution in [0.25, 0.3) is 16.7 Å². The van der Waals surface area contributed by atoms with Gasteiger partial charge in [0.15, 0.2) is 0 Å². The van der Waals surface area contributed by atoms with E-state index < -0.39 is 28.4 Å². The fourth-order valence-electron chi connectivity index (χ4n) is 5.13. The summed E-state index contributed by atoms with van der Waals surface area (Å²) in [6.07, 6.45) is 2.22. The number of aromatic amines is 1. The molecule has 0 radical (unpaired) electrons. The number of fused-ring (bicyclic) bond motifs is 1. The number of benzene rings is 3. The van der Waals surface area contributed by atoms with Gasteiger partial charge in [-0.1, -0.05) is 12.1 Å². The van der Waals surface area contributed by atoms with Crippen LogP contribution in [-0.4, -0.2) is 59.5 Å². The highest BCUT2D eigenvalue weighted by molar-refractivity contribution is 6.46. The van der Waals surface area contributed by atoms with Crippen molar-refractivity contribution < 1.29 is 33.8 Å². The minimum atomic E-state index is -1.03. The lowest BCUT2D eigenvalue weighted by Crippen LogP contribution is -2.31. The third kappa shape index (κ3) is 4.93. The molecule has 11 heteroatoms. The maximum atomic E-state index is 13.5. The number of carbonyl (C=O) groups excluding carboxylic acids is 2. The molecule has 0 unspecified atom stereocenters. The molecule has 11 nitrogen and oxygen atoms in total. The lowest BCUT2D eigenvalue weighted by molar-refractivity contribution is -0.384. The van der Waals surface area contributed by atoms with E-state index in [0.717, 1.165) is 22.5 Å². The van der Waals surface area contributed by atoms with Crippen LogP contribution in [0.1, 0.15) is 22.7 Å². The number of nitro groups is 1. The number of hydrogen-bond acceptors (Lipinski definition) is 8. The van der Waals surface area contributed by atoms with Gasteiger partial charge in [0.25, 0.3) is 17.4 Å². The molecule has 2 N–H and O–H groups in total. The van der Waals surface area contributed by atoms with Crippen molar-refractivity contribution in [2.24, 2.45) is 0 Å². The number of amides is 1. The van der Waals surface area contributed by atoms with Crippen LogP contribution in [0.3, 0.4) is 0 Å². The second kappa shape index (κ2) is 11.0. The highest BCUT2D eigenvalue weighted by atomic mass is 16.6. The zero-order valence-electron chi connectivity index (χ0n) is 22.5. The van der Waals surface area contributed by atoms with Crippen LogP contribution in [0.4, 0.5) is 5.69 Å². The maximum Gasteiger partial charge on any atom is 0.295 e. The molecule has 1 atom stereocenters. The zero-order chi connectivity index (χ0) is 29.3. The quantitative estimate of drug-likeness (QED) is 0.0985. The molecule has 210 valence electrons. The number of H-pyrrole nitrogens is 1. The van der Waals surface area contributed by atoms with Crippen molar-refractivity contribution in [1.82, 2.24) is 9.88 Å². The molecule has 5 rings (SSSR count). The van der Waals surface area contributed by atoms with Crippen molar-refractivity contribution in [3.05, 3.63) is 99.2 Å². The lowest BCUT2D eigenvalue weighted by atomic mass is 9.94. The number of nitrogens with one attached hydrogen (secondary N) is 1. The van der Waals surface area contributed by atoms with Gasteiger partial charge in [0, 0.05) is 53.0 Å². The number of carbonyl (C=O) groups is 2. The first-order valence-corrected chi connectivity index (χ1v) is 12.7. The highest BCUT2D eigenvalue weighted by Gasteiger charge is 2.47. The van der Waals surface area contributed by atoms with Gasteiger partial charge in [-0.15, -0.1) is 0 Å². The highest BCUT2D eigenvalue weighted by Crippen LogP contribution is 2.44. The van der Waals surface area contributed by atoms with Crippen molar-refractivity contribution in [2.45, 2.75) is 12.5 Å². The topological polar surface area (TPSA) is 144 Å². The fourth-order valence-corrected chi connectivity index (χ4v) is 5.13. The predicted octanol–water partition coefficient (Wildman–Crippen LogP) is 4.77. The van der Waals surface area contributed by atoms with Crippen LogP contribution < -0.4 is 14.2 Å². The first-order chi connectivity index (χ1) is 19.8. The Labute approximate surface area is 234 Å². The normalized spacial score (nSPS) is 16.3. The Bertz CT molecular complexity index is 1710. The molecule has 1 fully saturated rings. The Hall–Kier alpha value is -5.32. The SMILES string of the molecule is COc1ccc([C@@H]2C(=C(O)c3cccc([N+](=O)[O-])c3)C(=O)C(=O)N2CCc2c[nH]c3ccc(OC)cc23)c(OC)c1. The molecule has 0 spiro atoms. The maximum absolute atomic E-state index is 13.5. The number of nitro benzene ring substituents is 1. The molecule has 1 amide bonds. The molecule has 4 aromatic rings. The molecule has 1 aromatic heterocycles. The van der Waals surface area contributed by atoms with E-state index in [1.54, 1.807) is 25.3 Å². The number of aliphatic hydroxyl groups excluding tert-OH is 1. The number of methoxy groups -OCH3 is 3. The summed E-state index contributed by atoms with van der Waals surface area (Å²) in [7, 11) is 4.53. The van der Waals surface area contributed by atoms with E-state index >= 15 is 0 Å². The first kappa shape index (κ1) is 27.3. The van der Waals surface area contributed by atoms with Gasteiger partial charge in [0.2, 0.25) is 0 Å². The smallest absolute Gasteiger partial charge is 0.295 e. The number of likely N-dealkylation sites (tertiary alicyclic amines) is 1. The molecule has 3 aromatic carbocycles. The number of ketones is 1. The Morgan fingerprint density at radius 3 is 2.44 bits per heavy atom. The zero-order valence-corrected chi connectivity index (χ0v) is 22.5. The first-order valence-electron chi connectivity index (χ1n) is 12.7. The molecular formula is C30H27N3O8. The Morgan fingerprint density at radius 2 is 1.73 bits per heavy atom. The van der Waals surface area contributed by atoms with Gasteiger partial charge >= 0.3 is 0 Å². The van der Waals surface area contributed by atoms with Gasteiger partial charge in [-0.2, -0.15) is 0 Å². The standard InChI is InChI=1S/C30H27N3O8/c1-39-20-8-10-24-23(14-20)18(16-31-24)11-12-32-27(22-9-7-21(40-2)15-25(22)41-3)26(29(35)30(32)36)28(34)17-5-4-6-19(13-17)33(37)38/h4-10,13-16,27,31,34H,11-12H2,1-3H3/t27-/m1/s1. The third-order valence-corrected chi connectivity index (χ3v) is 7.20. The number of ether oxygens (including phenoxy) is 3. The van der Waals surface area contributed by atoms with Gasteiger partial charge in [-0.25, -0.2) is 0 Å². The largest absolute Gasteiger partial charge is 0.507 e. The van der Waals surface area contributed by atoms with Gasteiger partial charge in [0.1, 0.15) is 23.0 Å². The molecule has 1 aliphatic heterocycles. The van der Waals surface area contributed by atoms with Gasteiger partial charge in [0.05, 0.1) is 37.9 Å². The number of rotatable bonds is 9.